The Labute approximate surface area is 98.3 Å². The number of hydrogen-bond acceptors (Lipinski definition) is 3. The summed E-state index contributed by atoms with van der Waals surface area (Å²) in [5.41, 5.74) is 6.98. The molecule has 0 radical (unpaired) electrons. The number of aromatic nitrogens is 3. The highest BCUT2D eigenvalue weighted by Gasteiger charge is 2.12. The van der Waals surface area contributed by atoms with Gasteiger partial charge in [0, 0.05) is 18.0 Å². The fourth-order valence-electron chi connectivity index (χ4n) is 1.48. The summed E-state index contributed by atoms with van der Waals surface area (Å²) in [6.45, 7) is 0.207. The second-order valence-corrected chi connectivity index (χ2v) is 3.38. The van der Waals surface area contributed by atoms with Crippen LogP contribution < -0.4 is 5.73 Å². The Balaban J connectivity index is 2.48. The number of carbonyl (C=O) groups excluding carboxylic acids is 1. The smallest absolute Gasteiger partial charge is 0.267 e. The van der Waals surface area contributed by atoms with Gasteiger partial charge in [0.15, 0.2) is 0 Å². The van der Waals surface area contributed by atoms with E-state index in [2.05, 4.69) is 16.0 Å². The molecule has 2 N–H and O–H groups in total. The topological polar surface area (TPSA) is 73.8 Å². The lowest BCUT2D eigenvalue weighted by molar-refractivity contribution is 0.0991. The SMILES string of the molecule is C#CCn1nc(-c2cccnc2)cc1C(N)=O. The van der Waals surface area contributed by atoms with Gasteiger partial charge in [0.25, 0.3) is 5.91 Å². The first-order valence-corrected chi connectivity index (χ1v) is 4.94. The molecule has 2 aromatic rings. The molecule has 0 aromatic carbocycles. The first kappa shape index (κ1) is 10.9. The Morgan fingerprint density at radius 1 is 1.59 bits per heavy atom. The van der Waals surface area contributed by atoms with Gasteiger partial charge in [-0.25, -0.2) is 4.68 Å². The van der Waals surface area contributed by atoms with Crippen LogP contribution in [0.1, 0.15) is 10.5 Å². The van der Waals surface area contributed by atoms with Crippen molar-refractivity contribution in [3.8, 4) is 23.6 Å². The fourth-order valence-corrected chi connectivity index (χ4v) is 1.48. The molecule has 84 valence electrons. The Kier molecular flexibility index (Phi) is 2.88. The van der Waals surface area contributed by atoms with Crippen molar-refractivity contribution in [3.63, 3.8) is 0 Å². The lowest BCUT2D eigenvalue weighted by Gasteiger charge is -1.97. The van der Waals surface area contributed by atoms with Gasteiger partial charge in [-0.15, -0.1) is 6.42 Å². The molecular formula is C12H10N4O. The van der Waals surface area contributed by atoms with Gasteiger partial charge in [-0.05, 0) is 18.2 Å². The van der Waals surface area contributed by atoms with Gasteiger partial charge >= 0.3 is 0 Å². The normalized spacial score (nSPS) is 9.82. The van der Waals surface area contributed by atoms with Crippen LogP contribution in [0.15, 0.2) is 30.6 Å². The third-order valence-corrected chi connectivity index (χ3v) is 2.23. The van der Waals surface area contributed by atoms with Crippen LogP contribution in [0.25, 0.3) is 11.3 Å². The maximum Gasteiger partial charge on any atom is 0.267 e. The summed E-state index contributed by atoms with van der Waals surface area (Å²) in [6.07, 6.45) is 8.53. The van der Waals surface area contributed by atoms with E-state index in [1.165, 1.54) is 4.68 Å². The van der Waals surface area contributed by atoms with Crippen molar-refractivity contribution in [2.24, 2.45) is 5.73 Å². The average molecular weight is 226 g/mol. The van der Waals surface area contributed by atoms with E-state index < -0.39 is 5.91 Å². The summed E-state index contributed by atoms with van der Waals surface area (Å²) in [5.74, 6) is 1.87. The quantitative estimate of drug-likeness (QED) is 0.782. The summed E-state index contributed by atoms with van der Waals surface area (Å²) in [4.78, 5) is 15.2. The molecule has 0 unspecified atom stereocenters. The second kappa shape index (κ2) is 4.49. The van der Waals surface area contributed by atoms with Crippen LogP contribution in [0.2, 0.25) is 0 Å². The highest BCUT2D eigenvalue weighted by molar-refractivity contribution is 5.92. The summed E-state index contributed by atoms with van der Waals surface area (Å²) >= 11 is 0. The van der Waals surface area contributed by atoms with Crippen LogP contribution in [-0.4, -0.2) is 20.7 Å². The first-order valence-electron chi connectivity index (χ1n) is 4.94. The molecule has 0 saturated carbocycles. The standard InChI is InChI=1S/C12H10N4O/c1-2-6-16-11(12(13)17)7-10(15-16)9-4-3-5-14-8-9/h1,3-5,7-8H,6H2,(H2,13,17). The molecule has 0 saturated heterocycles. The predicted molar refractivity (Wildman–Crippen MR) is 62.8 cm³/mol. The van der Waals surface area contributed by atoms with E-state index in [9.17, 15) is 4.79 Å². The van der Waals surface area contributed by atoms with Gasteiger partial charge in [-0.1, -0.05) is 5.92 Å². The fraction of sp³-hybridized carbons (Fsp3) is 0.0833. The number of rotatable bonds is 3. The van der Waals surface area contributed by atoms with Gasteiger partial charge in [0.2, 0.25) is 0 Å². The van der Waals surface area contributed by atoms with Crippen molar-refractivity contribution in [2.75, 3.05) is 0 Å². The number of amides is 1. The molecule has 5 heteroatoms. The van der Waals surface area contributed by atoms with Crippen LogP contribution in [0.4, 0.5) is 0 Å². The molecule has 17 heavy (non-hydrogen) atoms. The zero-order chi connectivity index (χ0) is 12.3. The molecule has 0 atom stereocenters. The Morgan fingerprint density at radius 3 is 3.00 bits per heavy atom. The van der Waals surface area contributed by atoms with Gasteiger partial charge in [0.05, 0.1) is 5.69 Å². The van der Waals surface area contributed by atoms with Crippen LogP contribution in [0, 0.1) is 12.3 Å². The first-order chi connectivity index (χ1) is 8.22. The number of pyridine rings is 1. The van der Waals surface area contributed by atoms with E-state index in [0.29, 0.717) is 11.4 Å². The number of nitrogens with zero attached hydrogens (tertiary/aromatic N) is 3. The van der Waals surface area contributed by atoms with Crippen molar-refractivity contribution < 1.29 is 4.79 Å². The van der Waals surface area contributed by atoms with Crippen molar-refractivity contribution in [2.45, 2.75) is 6.54 Å². The summed E-state index contributed by atoms with van der Waals surface area (Å²) in [5, 5.41) is 4.22. The largest absolute Gasteiger partial charge is 0.364 e. The lowest BCUT2D eigenvalue weighted by Crippen LogP contribution is -2.17. The predicted octanol–water partition coefficient (Wildman–Crippen LogP) is 0.677. The number of carbonyl (C=O) groups is 1. The van der Waals surface area contributed by atoms with Gasteiger partial charge < -0.3 is 5.73 Å². The third kappa shape index (κ3) is 2.16. The molecule has 1 amide bonds. The van der Waals surface area contributed by atoms with E-state index in [1.54, 1.807) is 24.5 Å². The molecule has 2 rings (SSSR count). The Hall–Kier alpha value is -2.61. The summed E-state index contributed by atoms with van der Waals surface area (Å²) in [6, 6.07) is 5.25. The van der Waals surface area contributed by atoms with Gasteiger partial charge in [-0.2, -0.15) is 5.10 Å². The molecule has 0 aliphatic rings. The second-order valence-electron chi connectivity index (χ2n) is 3.38. The van der Waals surface area contributed by atoms with E-state index in [0.717, 1.165) is 5.56 Å². The van der Waals surface area contributed by atoms with Crippen molar-refractivity contribution in [3.05, 3.63) is 36.3 Å². The number of hydrogen-bond donors (Lipinski definition) is 1. The van der Waals surface area contributed by atoms with E-state index >= 15 is 0 Å². The van der Waals surface area contributed by atoms with Crippen LogP contribution in [0.3, 0.4) is 0 Å². The molecule has 0 fully saturated rings. The van der Waals surface area contributed by atoms with E-state index in [4.69, 9.17) is 12.2 Å². The highest BCUT2D eigenvalue weighted by atomic mass is 16.1. The molecular weight excluding hydrogens is 216 g/mol. The monoisotopic (exact) mass is 226 g/mol. The van der Waals surface area contributed by atoms with Crippen LogP contribution in [-0.2, 0) is 6.54 Å². The minimum absolute atomic E-state index is 0.207. The van der Waals surface area contributed by atoms with Gasteiger partial charge in [0.1, 0.15) is 12.2 Å². The zero-order valence-corrected chi connectivity index (χ0v) is 9.00. The third-order valence-electron chi connectivity index (χ3n) is 2.23. The minimum Gasteiger partial charge on any atom is -0.364 e. The number of nitrogens with two attached hydrogens (primary N) is 1. The summed E-state index contributed by atoms with van der Waals surface area (Å²) in [7, 11) is 0. The molecule has 0 spiro atoms. The Morgan fingerprint density at radius 2 is 2.41 bits per heavy atom. The zero-order valence-electron chi connectivity index (χ0n) is 9.00. The van der Waals surface area contributed by atoms with Crippen LogP contribution >= 0.6 is 0 Å². The molecule has 0 bridgehead atoms. The minimum atomic E-state index is -0.553. The molecule has 2 heterocycles. The average Bonchev–Trinajstić information content (AvgIpc) is 2.75. The maximum absolute atomic E-state index is 11.2. The van der Waals surface area contributed by atoms with Crippen molar-refractivity contribution in [1.29, 1.82) is 0 Å². The lowest BCUT2D eigenvalue weighted by atomic mass is 10.2. The maximum atomic E-state index is 11.2. The van der Waals surface area contributed by atoms with Crippen molar-refractivity contribution in [1.82, 2.24) is 14.8 Å². The highest BCUT2D eigenvalue weighted by Crippen LogP contribution is 2.17. The molecule has 0 aliphatic carbocycles. The van der Waals surface area contributed by atoms with E-state index in [-0.39, 0.29) is 6.54 Å². The molecule has 2 aromatic heterocycles. The molecule has 0 aliphatic heterocycles. The summed E-state index contributed by atoms with van der Waals surface area (Å²) < 4.78 is 1.41. The van der Waals surface area contributed by atoms with Crippen molar-refractivity contribution >= 4 is 5.91 Å². The van der Waals surface area contributed by atoms with Crippen LogP contribution in [0.5, 0.6) is 0 Å². The van der Waals surface area contributed by atoms with Gasteiger partial charge in [-0.3, -0.25) is 9.78 Å². The molecule has 5 nitrogen and oxygen atoms in total. The van der Waals surface area contributed by atoms with E-state index in [1.807, 2.05) is 6.07 Å². The number of primary amides is 1. The number of terminal acetylenes is 1. The Bertz CT molecular complexity index is 580.